The van der Waals surface area contributed by atoms with E-state index >= 15 is 0 Å². The highest BCUT2D eigenvalue weighted by Crippen LogP contribution is 2.20. The fourth-order valence-electron chi connectivity index (χ4n) is 2.91. The van der Waals surface area contributed by atoms with Crippen LogP contribution in [0.25, 0.3) is 0 Å². The minimum Gasteiger partial charge on any atom is -0.345 e. The summed E-state index contributed by atoms with van der Waals surface area (Å²) in [6.07, 6.45) is 0. The zero-order chi connectivity index (χ0) is 21.5. The normalized spacial score (nSPS) is 10.6. The van der Waals surface area contributed by atoms with Crippen LogP contribution in [0.5, 0.6) is 0 Å². The number of hydrogen-bond acceptors (Lipinski definition) is 5. The predicted molar refractivity (Wildman–Crippen MR) is 119 cm³/mol. The largest absolute Gasteiger partial charge is 0.345 e. The third-order valence-electron chi connectivity index (χ3n) is 4.55. The maximum atomic E-state index is 12.4. The van der Waals surface area contributed by atoms with Crippen molar-refractivity contribution in [2.75, 3.05) is 11.1 Å². The number of rotatable bonds is 8. The molecule has 2 amide bonds. The summed E-state index contributed by atoms with van der Waals surface area (Å²) < 4.78 is 1.90. The van der Waals surface area contributed by atoms with Crippen LogP contribution in [0.15, 0.2) is 53.7 Å². The van der Waals surface area contributed by atoms with Crippen LogP contribution in [0.4, 0.5) is 5.69 Å². The summed E-state index contributed by atoms with van der Waals surface area (Å²) in [6.45, 7) is 6.85. The quantitative estimate of drug-likeness (QED) is 0.541. The molecule has 3 rings (SSSR count). The van der Waals surface area contributed by atoms with Crippen molar-refractivity contribution in [1.82, 2.24) is 20.1 Å². The molecule has 0 aliphatic heterocycles. The molecule has 156 valence electrons. The fourth-order valence-corrected chi connectivity index (χ4v) is 3.73. The number of amides is 2. The second-order valence-corrected chi connectivity index (χ2v) is 7.79. The van der Waals surface area contributed by atoms with Crippen LogP contribution in [0.3, 0.4) is 0 Å². The van der Waals surface area contributed by atoms with Crippen LogP contribution in [0.2, 0.25) is 0 Å². The maximum absolute atomic E-state index is 12.4. The highest BCUT2D eigenvalue weighted by molar-refractivity contribution is 7.99. The zero-order valence-electron chi connectivity index (χ0n) is 17.3. The van der Waals surface area contributed by atoms with E-state index in [0.29, 0.717) is 23.1 Å². The van der Waals surface area contributed by atoms with Gasteiger partial charge in [-0.1, -0.05) is 42.1 Å². The van der Waals surface area contributed by atoms with Crippen LogP contribution >= 0.6 is 11.8 Å². The second-order valence-electron chi connectivity index (χ2n) is 6.85. The van der Waals surface area contributed by atoms with Crippen molar-refractivity contribution in [3.05, 3.63) is 71.0 Å². The number of aryl methyl sites for hydroxylation is 2. The van der Waals surface area contributed by atoms with Gasteiger partial charge in [0.05, 0.1) is 12.3 Å². The van der Waals surface area contributed by atoms with Gasteiger partial charge in [0.1, 0.15) is 0 Å². The van der Waals surface area contributed by atoms with Crippen LogP contribution in [0, 0.1) is 13.8 Å². The first-order valence-electron chi connectivity index (χ1n) is 9.73. The highest BCUT2D eigenvalue weighted by atomic mass is 32.2. The first-order valence-corrected chi connectivity index (χ1v) is 10.7. The Balaban J connectivity index is 1.58. The van der Waals surface area contributed by atoms with Crippen molar-refractivity contribution in [1.29, 1.82) is 0 Å². The summed E-state index contributed by atoms with van der Waals surface area (Å²) in [7, 11) is 0. The molecule has 0 saturated carbocycles. The van der Waals surface area contributed by atoms with Crippen molar-refractivity contribution >= 4 is 29.3 Å². The van der Waals surface area contributed by atoms with Crippen molar-refractivity contribution < 1.29 is 9.59 Å². The Bertz CT molecular complexity index is 1030. The molecule has 1 heterocycles. The van der Waals surface area contributed by atoms with Gasteiger partial charge >= 0.3 is 0 Å². The number of aromatic nitrogens is 3. The lowest BCUT2D eigenvalue weighted by Gasteiger charge is -2.10. The fraction of sp³-hybridized carbons (Fsp3) is 0.273. The molecule has 0 aliphatic rings. The van der Waals surface area contributed by atoms with Crippen LogP contribution in [-0.2, 0) is 17.9 Å². The third kappa shape index (κ3) is 5.48. The number of carbonyl (C=O) groups excluding carboxylic acids is 2. The van der Waals surface area contributed by atoms with Crippen LogP contribution in [-0.4, -0.2) is 32.3 Å². The molecule has 0 fully saturated rings. The van der Waals surface area contributed by atoms with Gasteiger partial charge in [0.25, 0.3) is 5.91 Å². The summed E-state index contributed by atoms with van der Waals surface area (Å²) >= 11 is 1.33. The van der Waals surface area contributed by atoms with Gasteiger partial charge in [-0.05, 0) is 50.1 Å². The van der Waals surface area contributed by atoms with Gasteiger partial charge in [0.2, 0.25) is 5.91 Å². The Morgan fingerprint density at radius 3 is 2.57 bits per heavy atom. The number of nitrogens with one attached hydrogen (secondary N) is 2. The zero-order valence-corrected chi connectivity index (χ0v) is 18.1. The molecule has 1 aromatic heterocycles. The van der Waals surface area contributed by atoms with E-state index in [1.807, 2.05) is 61.7 Å². The number of hydrogen-bond donors (Lipinski definition) is 2. The van der Waals surface area contributed by atoms with Gasteiger partial charge in [-0.3, -0.25) is 9.59 Å². The summed E-state index contributed by atoms with van der Waals surface area (Å²) in [6, 6.07) is 15.0. The minimum absolute atomic E-state index is 0.0988. The van der Waals surface area contributed by atoms with E-state index in [-0.39, 0.29) is 24.1 Å². The van der Waals surface area contributed by atoms with Crippen LogP contribution in [0.1, 0.15) is 34.2 Å². The summed E-state index contributed by atoms with van der Waals surface area (Å²) in [5, 5.41) is 14.8. The monoisotopic (exact) mass is 423 g/mol. The summed E-state index contributed by atoms with van der Waals surface area (Å²) in [5.74, 6) is 0.614. The van der Waals surface area contributed by atoms with E-state index in [1.54, 1.807) is 12.1 Å². The van der Waals surface area contributed by atoms with E-state index in [4.69, 9.17) is 0 Å². The molecule has 8 heteroatoms. The van der Waals surface area contributed by atoms with Crippen molar-refractivity contribution in [2.45, 2.75) is 39.0 Å². The number of thioether (sulfide) groups is 1. The molecule has 0 spiro atoms. The summed E-state index contributed by atoms with van der Waals surface area (Å²) in [5.41, 5.74) is 3.53. The Morgan fingerprint density at radius 2 is 1.83 bits per heavy atom. The number of benzene rings is 2. The SMILES string of the molecule is CCn1c(CNC(=O)c2ccccc2)nnc1SCC(=O)Nc1cc(C)ccc1C. The molecule has 0 atom stereocenters. The molecule has 7 nitrogen and oxygen atoms in total. The average Bonchev–Trinajstić information content (AvgIpc) is 3.15. The maximum Gasteiger partial charge on any atom is 0.251 e. The number of nitrogens with zero attached hydrogens (tertiary/aromatic N) is 3. The van der Waals surface area contributed by atoms with E-state index < -0.39 is 0 Å². The number of carbonyl (C=O) groups is 2. The van der Waals surface area contributed by atoms with E-state index in [0.717, 1.165) is 16.8 Å². The molecule has 0 aliphatic carbocycles. The molecular weight excluding hydrogens is 398 g/mol. The molecule has 0 radical (unpaired) electrons. The van der Waals surface area contributed by atoms with Gasteiger partial charge in [0, 0.05) is 17.8 Å². The first kappa shape index (κ1) is 21.6. The lowest BCUT2D eigenvalue weighted by atomic mass is 10.1. The minimum atomic E-state index is -0.164. The van der Waals surface area contributed by atoms with Gasteiger partial charge < -0.3 is 15.2 Å². The molecule has 2 aromatic carbocycles. The second kappa shape index (κ2) is 10.1. The molecule has 30 heavy (non-hydrogen) atoms. The molecule has 0 saturated heterocycles. The Kier molecular flexibility index (Phi) is 7.24. The lowest BCUT2D eigenvalue weighted by Crippen LogP contribution is -2.24. The molecule has 2 N–H and O–H groups in total. The summed E-state index contributed by atoms with van der Waals surface area (Å²) in [4.78, 5) is 24.6. The topological polar surface area (TPSA) is 88.9 Å². The van der Waals surface area contributed by atoms with Crippen molar-refractivity contribution in [3.63, 3.8) is 0 Å². The van der Waals surface area contributed by atoms with E-state index in [9.17, 15) is 9.59 Å². The van der Waals surface area contributed by atoms with Gasteiger partial charge in [-0.25, -0.2) is 0 Å². The first-order chi connectivity index (χ1) is 14.5. The predicted octanol–water partition coefficient (Wildman–Crippen LogP) is 3.58. The lowest BCUT2D eigenvalue weighted by molar-refractivity contribution is -0.113. The smallest absolute Gasteiger partial charge is 0.251 e. The van der Waals surface area contributed by atoms with Crippen molar-refractivity contribution in [3.8, 4) is 0 Å². The number of anilines is 1. The Hall–Kier alpha value is -3.13. The van der Waals surface area contributed by atoms with Crippen molar-refractivity contribution in [2.24, 2.45) is 0 Å². The molecular formula is C22H25N5O2S. The van der Waals surface area contributed by atoms with Gasteiger partial charge in [-0.2, -0.15) is 0 Å². The Labute approximate surface area is 180 Å². The molecule has 0 bridgehead atoms. The molecule has 3 aromatic rings. The van der Waals surface area contributed by atoms with E-state index in [2.05, 4.69) is 20.8 Å². The average molecular weight is 424 g/mol. The van der Waals surface area contributed by atoms with Gasteiger partial charge in [0.15, 0.2) is 11.0 Å². The molecule has 0 unspecified atom stereocenters. The third-order valence-corrected chi connectivity index (χ3v) is 5.52. The van der Waals surface area contributed by atoms with Gasteiger partial charge in [-0.15, -0.1) is 10.2 Å². The highest BCUT2D eigenvalue weighted by Gasteiger charge is 2.15. The Morgan fingerprint density at radius 1 is 1.07 bits per heavy atom. The standard InChI is InChI=1S/C22H25N5O2S/c1-4-27-19(13-23-21(29)17-8-6-5-7-9-17)25-26-22(27)30-14-20(28)24-18-12-15(2)10-11-16(18)3/h5-12H,4,13-14H2,1-3H3,(H,23,29)(H,24,28). The van der Waals surface area contributed by atoms with Crippen LogP contribution < -0.4 is 10.6 Å². The van der Waals surface area contributed by atoms with E-state index in [1.165, 1.54) is 11.8 Å².